The maximum Gasteiger partial charge on any atom is 0.328 e. The van der Waals surface area contributed by atoms with Crippen LogP contribution in [0.2, 0.25) is 0 Å². The molecule has 2 aliphatic heterocycles. The quantitative estimate of drug-likeness (QED) is 0.714. The van der Waals surface area contributed by atoms with Crippen molar-refractivity contribution in [1.29, 1.82) is 0 Å². The summed E-state index contributed by atoms with van der Waals surface area (Å²) in [6.07, 6.45) is -4.60. The van der Waals surface area contributed by atoms with E-state index in [1.54, 1.807) is 0 Å². The Balaban J connectivity index is 2.25. The van der Waals surface area contributed by atoms with Crippen LogP contribution in [-0.4, -0.2) is 65.3 Å². The van der Waals surface area contributed by atoms with Gasteiger partial charge in [0, 0.05) is 13.5 Å². The molecule has 5 atom stereocenters. The number of methoxy groups -OCH3 is 1. The predicted octanol–water partition coefficient (Wildman–Crippen LogP) is -0.0464. The number of aliphatic hydroxyl groups is 1. The number of rotatable bonds is 3. The second-order valence-corrected chi connectivity index (χ2v) is 5.68. The molecule has 0 spiro atoms. The molecule has 2 heterocycles. The van der Waals surface area contributed by atoms with Gasteiger partial charge in [0.1, 0.15) is 18.5 Å². The molecule has 20 heavy (non-hydrogen) atoms. The normalized spacial score (nSPS) is 42.0. The van der Waals surface area contributed by atoms with Crippen LogP contribution in [0.25, 0.3) is 0 Å². The fraction of sp³-hybridized carbons (Fsp3) is 0.818. The fourth-order valence-electron chi connectivity index (χ4n) is 2.40. The average Bonchev–Trinajstić information content (AvgIpc) is 2.74. The molecule has 0 aromatic heterocycles. The number of urea groups is 1. The van der Waals surface area contributed by atoms with Gasteiger partial charge in [0.15, 0.2) is 11.1 Å². The highest BCUT2D eigenvalue weighted by atomic mass is 35.5. The van der Waals surface area contributed by atoms with E-state index in [2.05, 4.69) is 5.32 Å². The van der Waals surface area contributed by atoms with Gasteiger partial charge in [-0.3, -0.25) is 15.0 Å². The van der Waals surface area contributed by atoms with Crippen LogP contribution in [0.3, 0.4) is 0 Å². The predicted molar refractivity (Wildman–Crippen MR) is 65.7 cm³/mol. The maximum absolute atomic E-state index is 13.6. The lowest BCUT2D eigenvalue weighted by atomic mass is 10.0. The molecule has 0 bridgehead atoms. The van der Waals surface area contributed by atoms with Crippen LogP contribution in [0.5, 0.6) is 0 Å². The smallest absolute Gasteiger partial charge is 0.328 e. The third kappa shape index (κ3) is 2.37. The molecule has 0 radical (unpaired) electrons. The Hall–Kier alpha value is -0.960. The van der Waals surface area contributed by atoms with Crippen molar-refractivity contribution < 1.29 is 28.6 Å². The zero-order chi connectivity index (χ0) is 15.1. The van der Waals surface area contributed by atoms with Crippen LogP contribution in [-0.2, 0) is 14.3 Å². The van der Waals surface area contributed by atoms with Crippen molar-refractivity contribution in [3.63, 3.8) is 0 Å². The summed E-state index contributed by atoms with van der Waals surface area (Å²) in [5.74, 6) is -0.694. The molecule has 1 unspecified atom stereocenters. The molecule has 2 N–H and O–H groups in total. The number of carbonyl (C=O) groups is 2. The van der Waals surface area contributed by atoms with Gasteiger partial charge in [-0.15, -0.1) is 11.6 Å². The Morgan fingerprint density at radius 2 is 2.30 bits per heavy atom. The van der Waals surface area contributed by atoms with Crippen molar-refractivity contribution >= 4 is 23.5 Å². The first kappa shape index (κ1) is 15.4. The van der Waals surface area contributed by atoms with E-state index in [4.69, 9.17) is 26.2 Å². The summed E-state index contributed by atoms with van der Waals surface area (Å²) in [4.78, 5) is 23.2. The minimum atomic E-state index is -1.52. The van der Waals surface area contributed by atoms with Gasteiger partial charge in [-0.1, -0.05) is 0 Å². The summed E-state index contributed by atoms with van der Waals surface area (Å²) >= 11 is 6.10. The topological polar surface area (TPSA) is 88.1 Å². The number of hydrogen-bond acceptors (Lipinski definition) is 5. The van der Waals surface area contributed by atoms with Crippen LogP contribution < -0.4 is 5.32 Å². The third-order valence-electron chi connectivity index (χ3n) is 3.49. The summed E-state index contributed by atoms with van der Waals surface area (Å²) < 4.78 is 24.0. The molecule has 3 amide bonds. The van der Waals surface area contributed by atoms with Crippen molar-refractivity contribution in [2.24, 2.45) is 0 Å². The molecular weight excluding hydrogens is 295 g/mol. The van der Waals surface area contributed by atoms with Crippen molar-refractivity contribution in [2.45, 2.75) is 43.0 Å². The lowest BCUT2D eigenvalue weighted by Gasteiger charge is -2.44. The average molecular weight is 311 g/mol. The van der Waals surface area contributed by atoms with Crippen LogP contribution in [0, 0.1) is 0 Å². The van der Waals surface area contributed by atoms with Crippen molar-refractivity contribution in [1.82, 2.24) is 10.2 Å². The van der Waals surface area contributed by atoms with E-state index in [1.807, 2.05) is 0 Å². The number of aliphatic hydroxyl groups excluding tert-OH is 1. The minimum Gasteiger partial charge on any atom is -0.394 e. The number of ether oxygens (including phenoxy) is 2. The highest BCUT2D eigenvalue weighted by Crippen LogP contribution is 2.34. The number of hydrogen-bond donors (Lipinski definition) is 2. The van der Waals surface area contributed by atoms with Gasteiger partial charge in [-0.2, -0.15) is 0 Å². The third-order valence-corrected chi connectivity index (χ3v) is 3.85. The summed E-state index contributed by atoms with van der Waals surface area (Å²) in [5, 5.41) is 11.1. The van der Waals surface area contributed by atoms with E-state index >= 15 is 0 Å². The zero-order valence-corrected chi connectivity index (χ0v) is 11.8. The summed E-state index contributed by atoms with van der Waals surface area (Å²) in [6.45, 7) is 0.894. The van der Waals surface area contributed by atoms with Crippen LogP contribution in [0.15, 0.2) is 0 Å². The molecule has 0 aromatic carbocycles. The van der Waals surface area contributed by atoms with Gasteiger partial charge in [0.05, 0.1) is 6.61 Å². The number of halogens is 2. The number of amides is 3. The Kier molecular flexibility index (Phi) is 4.19. The zero-order valence-electron chi connectivity index (χ0n) is 11.0. The highest BCUT2D eigenvalue weighted by molar-refractivity contribution is 6.36. The summed E-state index contributed by atoms with van der Waals surface area (Å²) in [7, 11) is 1.29. The minimum absolute atomic E-state index is 0.125. The van der Waals surface area contributed by atoms with Gasteiger partial charge in [-0.05, 0) is 6.92 Å². The second kappa shape index (κ2) is 5.44. The Morgan fingerprint density at radius 1 is 1.65 bits per heavy atom. The Labute approximate surface area is 119 Å². The van der Waals surface area contributed by atoms with Crippen molar-refractivity contribution in [3.05, 3.63) is 0 Å². The standard InChI is InChI=1S/C11H16ClFN2O5/c1-11(12)8(17)14-10(18)15(9(11)19-2)7-3-5(13)6(4-16)20-7/h5-7,9,16H,3-4H2,1-2H3,(H,14,17,18)/t5?,6-,7-,9-,11+/m1/s1. The second-order valence-electron chi connectivity index (χ2n) is 4.89. The lowest BCUT2D eigenvalue weighted by Crippen LogP contribution is -2.69. The van der Waals surface area contributed by atoms with Gasteiger partial charge < -0.3 is 14.6 Å². The van der Waals surface area contributed by atoms with Gasteiger partial charge in [-0.25, -0.2) is 9.18 Å². The molecule has 2 fully saturated rings. The number of alkyl halides is 2. The number of nitrogens with one attached hydrogen (secondary N) is 1. The first-order chi connectivity index (χ1) is 9.32. The molecular formula is C11H16ClFN2O5. The van der Waals surface area contributed by atoms with Crippen molar-refractivity contribution in [2.75, 3.05) is 13.7 Å². The number of imide groups is 1. The van der Waals surface area contributed by atoms with Gasteiger partial charge in [0.2, 0.25) is 0 Å². The first-order valence-corrected chi connectivity index (χ1v) is 6.46. The molecule has 2 saturated heterocycles. The number of nitrogens with zero attached hydrogens (tertiary/aromatic N) is 1. The molecule has 0 aliphatic carbocycles. The maximum atomic E-state index is 13.6. The van der Waals surface area contributed by atoms with Gasteiger partial charge >= 0.3 is 6.03 Å². The van der Waals surface area contributed by atoms with E-state index < -0.39 is 48.2 Å². The molecule has 2 aliphatic rings. The van der Waals surface area contributed by atoms with Crippen LogP contribution in [0.4, 0.5) is 9.18 Å². The molecule has 7 nitrogen and oxygen atoms in total. The summed E-state index contributed by atoms with van der Waals surface area (Å²) in [5.41, 5.74) is 0. The lowest BCUT2D eigenvalue weighted by molar-refractivity contribution is -0.155. The highest BCUT2D eigenvalue weighted by Gasteiger charge is 2.54. The first-order valence-electron chi connectivity index (χ1n) is 6.08. The van der Waals surface area contributed by atoms with E-state index in [1.165, 1.54) is 14.0 Å². The Morgan fingerprint density at radius 3 is 2.80 bits per heavy atom. The van der Waals surface area contributed by atoms with E-state index in [0.717, 1.165) is 4.90 Å². The molecule has 114 valence electrons. The number of carbonyl (C=O) groups excluding carboxylic acids is 2. The largest absolute Gasteiger partial charge is 0.394 e. The fourth-order valence-corrected chi connectivity index (χ4v) is 2.65. The van der Waals surface area contributed by atoms with Crippen molar-refractivity contribution in [3.8, 4) is 0 Å². The molecule has 9 heteroatoms. The van der Waals surface area contributed by atoms with Gasteiger partial charge in [0.25, 0.3) is 5.91 Å². The van der Waals surface area contributed by atoms with E-state index in [9.17, 15) is 14.0 Å². The monoisotopic (exact) mass is 310 g/mol. The SMILES string of the molecule is CO[C@H]1N([C@H]2CC(F)[C@@H](CO)O2)C(=O)NC(=O)[C@]1(C)Cl. The molecule has 0 aromatic rings. The van der Waals surface area contributed by atoms with Crippen LogP contribution in [0.1, 0.15) is 13.3 Å². The Bertz CT molecular complexity index is 422. The van der Waals surface area contributed by atoms with E-state index in [-0.39, 0.29) is 6.42 Å². The van der Waals surface area contributed by atoms with E-state index in [0.29, 0.717) is 0 Å². The molecule has 2 rings (SSSR count). The molecule has 0 saturated carbocycles. The van der Waals surface area contributed by atoms with Crippen LogP contribution >= 0.6 is 11.6 Å². The summed E-state index contributed by atoms with van der Waals surface area (Å²) in [6, 6.07) is -0.768.